The predicted molar refractivity (Wildman–Crippen MR) is 106 cm³/mol. The summed E-state index contributed by atoms with van der Waals surface area (Å²) in [6.45, 7) is 6.93. The van der Waals surface area contributed by atoms with Gasteiger partial charge in [-0.1, -0.05) is 18.5 Å². The molecule has 0 bridgehead atoms. The second kappa shape index (κ2) is 9.73. The second-order valence-corrected chi connectivity index (χ2v) is 6.72. The lowest BCUT2D eigenvalue weighted by Crippen LogP contribution is -2.46. The first-order valence-corrected chi connectivity index (χ1v) is 9.19. The summed E-state index contributed by atoms with van der Waals surface area (Å²) in [4.78, 5) is 8.90. The van der Waals surface area contributed by atoms with Gasteiger partial charge < -0.3 is 25.2 Å². The third-order valence-corrected chi connectivity index (χ3v) is 4.80. The summed E-state index contributed by atoms with van der Waals surface area (Å²) in [6.07, 6.45) is 1.05. The molecule has 1 saturated heterocycles. The predicted octanol–water partition coefficient (Wildman–Crippen LogP) is 2.04. The number of guanidine groups is 1. The molecule has 1 atom stereocenters. The maximum Gasteiger partial charge on any atom is 0.191 e. The van der Waals surface area contributed by atoms with Gasteiger partial charge in [0.1, 0.15) is 5.75 Å². The highest BCUT2D eigenvalue weighted by Crippen LogP contribution is 2.33. The van der Waals surface area contributed by atoms with Crippen molar-refractivity contribution in [2.75, 3.05) is 58.8 Å². The van der Waals surface area contributed by atoms with Crippen molar-refractivity contribution in [2.45, 2.75) is 19.4 Å². The standard InChI is InChI=1S/C18H30ClN5O/c1-5-23(3)11-9-21-18(20-2)22-15-8-10-24(13-15)16-12-14(19)6-7-17(16)25-4/h6-7,12,15H,5,8-11,13H2,1-4H3,(H2,20,21,22). The summed E-state index contributed by atoms with van der Waals surface area (Å²) in [7, 11) is 5.62. The van der Waals surface area contributed by atoms with E-state index in [9.17, 15) is 0 Å². The number of hydrogen-bond acceptors (Lipinski definition) is 4. The van der Waals surface area contributed by atoms with E-state index in [2.05, 4.69) is 39.4 Å². The molecule has 1 aromatic rings. The van der Waals surface area contributed by atoms with Gasteiger partial charge in [0.15, 0.2) is 5.96 Å². The number of nitrogens with one attached hydrogen (secondary N) is 2. The van der Waals surface area contributed by atoms with Crippen LogP contribution in [0.1, 0.15) is 13.3 Å². The minimum atomic E-state index is 0.346. The first-order chi connectivity index (χ1) is 12.1. The van der Waals surface area contributed by atoms with Crippen molar-refractivity contribution in [3.8, 4) is 5.75 Å². The number of ether oxygens (including phenoxy) is 1. The number of hydrogen-bond donors (Lipinski definition) is 2. The molecule has 2 rings (SSSR count). The molecule has 7 heteroatoms. The Morgan fingerprint density at radius 1 is 1.48 bits per heavy atom. The van der Waals surface area contributed by atoms with E-state index in [1.165, 1.54) is 0 Å². The Hall–Kier alpha value is -1.66. The van der Waals surface area contributed by atoms with Crippen molar-refractivity contribution in [1.82, 2.24) is 15.5 Å². The molecule has 2 N–H and O–H groups in total. The molecule has 0 aromatic heterocycles. The summed E-state index contributed by atoms with van der Waals surface area (Å²) < 4.78 is 5.47. The number of aliphatic imine (C=N–C) groups is 1. The molecule has 0 spiro atoms. The fraction of sp³-hybridized carbons (Fsp3) is 0.611. The molecule has 25 heavy (non-hydrogen) atoms. The Kier molecular flexibility index (Phi) is 7.65. The molecule has 1 heterocycles. The van der Waals surface area contributed by atoms with Gasteiger partial charge in [0.2, 0.25) is 0 Å². The van der Waals surface area contributed by atoms with Crippen LogP contribution in [0.15, 0.2) is 23.2 Å². The number of halogens is 1. The third-order valence-electron chi connectivity index (χ3n) is 4.56. The van der Waals surface area contributed by atoms with Gasteiger partial charge in [-0.25, -0.2) is 0 Å². The first-order valence-electron chi connectivity index (χ1n) is 8.81. The Morgan fingerprint density at radius 3 is 2.96 bits per heavy atom. The van der Waals surface area contributed by atoms with Crippen LogP contribution in [-0.4, -0.2) is 70.8 Å². The minimum Gasteiger partial charge on any atom is -0.495 e. The lowest BCUT2D eigenvalue weighted by molar-refractivity contribution is 0.357. The number of likely N-dealkylation sites (N-methyl/N-ethyl adjacent to an activating group) is 1. The normalized spacial score (nSPS) is 17.9. The van der Waals surface area contributed by atoms with Gasteiger partial charge in [0.05, 0.1) is 12.8 Å². The van der Waals surface area contributed by atoms with E-state index in [-0.39, 0.29) is 0 Å². The Labute approximate surface area is 156 Å². The smallest absolute Gasteiger partial charge is 0.191 e. The number of benzene rings is 1. The van der Waals surface area contributed by atoms with Crippen LogP contribution in [0.3, 0.4) is 0 Å². The molecule has 1 unspecified atom stereocenters. The van der Waals surface area contributed by atoms with Crippen LogP contribution >= 0.6 is 11.6 Å². The SMILES string of the molecule is CCN(C)CCNC(=NC)NC1CCN(c2cc(Cl)ccc2OC)C1. The van der Waals surface area contributed by atoms with Crippen LogP contribution in [0.5, 0.6) is 5.75 Å². The van der Waals surface area contributed by atoms with Gasteiger partial charge in [-0.2, -0.15) is 0 Å². The molecule has 1 fully saturated rings. The maximum atomic E-state index is 6.16. The Balaban J connectivity index is 1.88. The molecule has 140 valence electrons. The summed E-state index contributed by atoms with van der Waals surface area (Å²) >= 11 is 6.16. The van der Waals surface area contributed by atoms with E-state index in [0.29, 0.717) is 6.04 Å². The molecular formula is C18H30ClN5O. The van der Waals surface area contributed by atoms with Gasteiger partial charge >= 0.3 is 0 Å². The summed E-state index contributed by atoms with van der Waals surface area (Å²) in [6, 6.07) is 6.09. The van der Waals surface area contributed by atoms with Crippen molar-refractivity contribution in [3.63, 3.8) is 0 Å². The van der Waals surface area contributed by atoms with Crippen LogP contribution < -0.4 is 20.3 Å². The Bertz CT molecular complexity index is 581. The number of anilines is 1. The topological polar surface area (TPSA) is 52.1 Å². The van der Waals surface area contributed by atoms with E-state index in [1.807, 2.05) is 25.2 Å². The van der Waals surface area contributed by atoms with Crippen LogP contribution in [-0.2, 0) is 0 Å². The van der Waals surface area contributed by atoms with Gasteiger partial charge in [0, 0.05) is 44.3 Å². The minimum absolute atomic E-state index is 0.346. The van der Waals surface area contributed by atoms with Crippen molar-refractivity contribution in [2.24, 2.45) is 4.99 Å². The molecule has 1 aliphatic rings. The van der Waals surface area contributed by atoms with Crippen LogP contribution in [0.25, 0.3) is 0 Å². The van der Waals surface area contributed by atoms with Crippen LogP contribution in [0.2, 0.25) is 5.02 Å². The molecule has 0 aliphatic carbocycles. The fourth-order valence-corrected chi connectivity index (χ4v) is 3.08. The quantitative estimate of drug-likeness (QED) is 0.570. The van der Waals surface area contributed by atoms with Crippen molar-refractivity contribution in [1.29, 1.82) is 0 Å². The second-order valence-electron chi connectivity index (χ2n) is 6.29. The molecule has 1 aliphatic heterocycles. The van der Waals surface area contributed by atoms with E-state index in [1.54, 1.807) is 7.11 Å². The molecule has 0 amide bonds. The molecule has 0 radical (unpaired) electrons. The zero-order chi connectivity index (χ0) is 18.2. The number of methoxy groups -OCH3 is 1. The number of rotatable bonds is 7. The third kappa shape index (κ3) is 5.68. The highest BCUT2D eigenvalue weighted by Gasteiger charge is 2.25. The van der Waals surface area contributed by atoms with E-state index in [0.717, 1.165) is 61.6 Å². The van der Waals surface area contributed by atoms with Crippen LogP contribution in [0.4, 0.5) is 5.69 Å². The highest BCUT2D eigenvalue weighted by atomic mass is 35.5. The highest BCUT2D eigenvalue weighted by molar-refractivity contribution is 6.30. The maximum absolute atomic E-state index is 6.16. The van der Waals surface area contributed by atoms with Crippen LogP contribution in [0, 0.1) is 0 Å². The van der Waals surface area contributed by atoms with Crippen molar-refractivity contribution >= 4 is 23.2 Å². The summed E-state index contributed by atoms with van der Waals surface area (Å²) in [5, 5.41) is 7.62. The fourth-order valence-electron chi connectivity index (χ4n) is 2.92. The van der Waals surface area contributed by atoms with E-state index < -0.39 is 0 Å². The monoisotopic (exact) mass is 367 g/mol. The van der Waals surface area contributed by atoms with Gasteiger partial charge in [-0.3, -0.25) is 4.99 Å². The molecule has 6 nitrogen and oxygen atoms in total. The summed E-state index contributed by atoms with van der Waals surface area (Å²) in [5.74, 6) is 1.71. The average molecular weight is 368 g/mol. The van der Waals surface area contributed by atoms with Gasteiger partial charge in [-0.05, 0) is 38.2 Å². The lowest BCUT2D eigenvalue weighted by atomic mass is 10.2. The average Bonchev–Trinajstić information content (AvgIpc) is 3.08. The molecule has 1 aromatic carbocycles. The van der Waals surface area contributed by atoms with E-state index >= 15 is 0 Å². The van der Waals surface area contributed by atoms with E-state index in [4.69, 9.17) is 16.3 Å². The molecular weight excluding hydrogens is 338 g/mol. The Morgan fingerprint density at radius 2 is 2.28 bits per heavy atom. The zero-order valence-corrected chi connectivity index (χ0v) is 16.4. The van der Waals surface area contributed by atoms with Gasteiger partial charge in [-0.15, -0.1) is 0 Å². The van der Waals surface area contributed by atoms with Gasteiger partial charge in [0.25, 0.3) is 0 Å². The number of nitrogens with zero attached hydrogens (tertiary/aromatic N) is 3. The van der Waals surface area contributed by atoms with Crippen molar-refractivity contribution < 1.29 is 4.74 Å². The summed E-state index contributed by atoms with van der Waals surface area (Å²) in [5.41, 5.74) is 1.05. The first kappa shape index (κ1) is 19.7. The van der Waals surface area contributed by atoms with Crippen molar-refractivity contribution in [3.05, 3.63) is 23.2 Å². The lowest BCUT2D eigenvalue weighted by Gasteiger charge is -2.22. The largest absolute Gasteiger partial charge is 0.495 e. The molecule has 0 saturated carbocycles. The zero-order valence-electron chi connectivity index (χ0n) is 15.7.